The fourth-order valence-electron chi connectivity index (χ4n) is 11.2. The maximum Gasteiger partial charge on any atom is 0.251 e. The molecule has 2 aliphatic heterocycles. The van der Waals surface area contributed by atoms with Gasteiger partial charge in [-0.15, -0.1) is 0 Å². The summed E-state index contributed by atoms with van der Waals surface area (Å²) < 4.78 is 0. The zero-order chi connectivity index (χ0) is 62.8. The third-order valence-electron chi connectivity index (χ3n) is 16.1. The van der Waals surface area contributed by atoms with Gasteiger partial charge in [0.2, 0.25) is 47.3 Å². The van der Waals surface area contributed by atoms with Crippen molar-refractivity contribution in [3.63, 3.8) is 0 Å². The molecule has 0 saturated heterocycles. The number of nitrogens with zero attached hydrogens (tertiary/aromatic N) is 4. The molecule has 4 aliphatic rings. The van der Waals surface area contributed by atoms with Gasteiger partial charge in [-0.05, 0) is 123 Å². The molecule has 4 aromatic rings. The summed E-state index contributed by atoms with van der Waals surface area (Å²) >= 11 is 1.50. The van der Waals surface area contributed by atoms with Crippen molar-refractivity contribution in [3.8, 4) is 0 Å². The molecule has 20 heteroatoms. The number of thioether (sulfide) groups is 1. The van der Waals surface area contributed by atoms with E-state index in [1.54, 1.807) is 12.1 Å². The highest BCUT2D eigenvalue weighted by Crippen LogP contribution is 2.34. The molecule has 2 bridgehead atoms. The number of aryl methyl sites for hydroxylation is 1. The van der Waals surface area contributed by atoms with Gasteiger partial charge in [-0.1, -0.05) is 123 Å². The number of carbonyl (C=O) groups excluding carboxylic acids is 9. The van der Waals surface area contributed by atoms with Gasteiger partial charge in [0.05, 0.1) is 38.3 Å². The van der Waals surface area contributed by atoms with Gasteiger partial charge in [-0.3, -0.25) is 43.2 Å². The van der Waals surface area contributed by atoms with Crippen LogP contribution in [-0.4, -0.2) is 162 Å². The van der Waals surface area contributed by atoms with Crippen LogP contribution < -0.4 is 32.7 Å². The second-order valence-corrected chi connectivity index (χ2v) is 25.7. The Morgan fingerprint density at radius 2 is 1.05 bits per heavy atom. The Labute approximate surface area is 523 Å². The Kier molecular flexibility index (Phi) is 27.3. The van der Waals surface area contributed by atoms with Gasteiger partial charge in [0.1, 0.15) is 0 Å². The van der Waals surface area contributed by atoms with Crippen molar-refractivity contribution in [2.24, 2.45) is 29.2 Å². The van der Waals surface area contributed by atoms with Crippen LogP contribution in [0.3, 0.4) is 0 Å². The summed E-state index contributed by atoms with van der Waals surface area (Å²) in [5, 5.41) is 12.6. The Morgan fingerprint density at radius 3 is 1.56 bits per heavy atom. The van der Waals surface area contributed by atoms with Crippen molar-refractivity contribution in [2.45, 2.75) is 140 Å². The van der Waals surface area contributed by atoms with Crippen LogP contribution in [-0.2, 0) is 63.4 Å². The number of nitrogens with two attached hydrogens (primary N) is 2. The number of benzene rings is 4. The normalized spacial score (nSPS) is 20.5. The van der Waals surface area contributed by atoms with Gasteiger partial charge in [0, 0.05) is 81.0 Å². The van der Waals surface area contributed by atoms with E-state index in [-0.39, 0.29) is 125 Å². The molecule has 4 aromatic carbocycles. The quantitative estimate of drug-likeness (QED) is 0.0499. The summed E-state index contributed by atoms with van der Waals surface area (Å²) in [6.07, 6.45) is 7.33. The lowest BCUT2D eigenvalue weighted by atomic mass is 10.0. The van der Waals surface area contributed by atoms with Crippen molar-refractivity contribution in [2.75, 3.05) is 64.7 Å². The lowest BCUT2D eigenvalue weighted by molar-refractivity contribution is -0.139. The summed E-state index contributed by atoms with van der Waals surface area (Å²) in [6.45, 7) is 2.93. The average Bonchev–Trinajstić information content (AvgIpc) is 4.41. The Bertz CT molecular complexity index is 2910. The third-order valence-corrected chi connectivity index (χ3v) is 17.1. The predicted molar refractivity (Wildman–Crippen MR) is 342 cm³/mol. The molecule has 4 atom stereocenters. The molecule has 0 spiro atoms. The number of carbonyl (C=O) groups is 9. The second kappa shape index (κ2) is 35.4. The van der Waals surface area contributed by atoms with Gasteiger partial charge in [0.25, 0.3) is 5.91 Å². The number of fused-ring (bicyclic) bond motifs is 29. The number of rotatable bonds is 19. The van der Waals surface area contributed by atoms with Crippen LogP contribution in [0, 0.1) is 17.8 Å². The highest BCUT2D eigenvalue weighted by Gasteiger charge is 2.34. The fourth-order valence-corrected chi connectivity index (χ4v) is 12.1. The molecular formula is C68H92N10O9S. The van der Waals surface area contributed by atoms with E-state index in [0.717, 1.165) is 47.9 Å². The standard InChI is InChI=1S/C68H92N10O9S/c1-48(2)34-57-40-77(66(85)37-52-21-22-52)45-61(80)71-56(20-12-13-32-69)39-76(64(83)30-27-49-14-6-3-7-15-49)44-62(81)73-58(35-50-16-8-4-9-17-50)41-75(43-60(70)79)65(84)31-33-88-47-54-25-28-55(29-26-54)68(87)74-59(36-51-18-10-5-11-19-51)42-78(46-63(82)72-57)67(86)38-53-23-24-53/h3-11,14-19,25-26,28-29,48,52-53,56-59H,12-13,20-24,27,30-47,69H2,1-2H3,(H2,70,79)(H,71,80)(H,72,82)(H,73,81)(H,74,87)/t56-,57-,58-,59-/m0/s1. The van der Waals surface area contributed by atoms with Crippen LogP contribution in [0.2, 0.25) is 0 Å². The van der Waals surface area contributed by atoms with E-state index in [2.05, 4.69) is 21.3 Å². The lowest BCUT2D eigenvalue weighted by Gasteiger charge is -2.32. The number of unbranched alkanes of at least 4 members (excludes halogenated alkanes) is 1. The number of amides is 9. The second-order valence-electron chi connectivity index (χ2n) is 24.6. The maximum atomic E-state index is 14.6. The molecule has 88 heavy (non-hydrogen) atoms. The molecular weight excluding hydrogens is 1130 g/mol. The first-order valence-electron chi connectivity index (χ1n) is 31.5. The first kappa shape index (κ1) is 67.9. The summed E-state index contributed by atoms with van der Waals surface area (Å²) in [4.78, 5) is 134. The molecule has 0 aromatic heterocycles. The molecule has 2 aliphatic carbocycles. The van der Waals surface area contributed by atoms with Crippen LogP contribution in [0.5, 0.6) is 0 Å². The Morgan fingerprint density at radius 1 is 0.568 bits per heavy atom. The van der Waals surface area contributed by atoms with Crippen LogP contribution in [0.4, 0.5) is 0 Å². The lowest BCUT2D eigenvalue weighted by Crippen LogP contribution is -2.55. The highest BCUT2D eigenvalue weighted by molar-refractivity contribution is 7.98. The molecule has 0 unspecified atom stereocenters. The molecule has 0 radical (unpaired) electrons. The molecule has 2 heterocycles. The van der Waals surface area contributed by atoms with Crippen LogP contribution in [0.15, 0.2) is 115 Å². The van der Waals surface area contributed by atoms with E-state index >= 15 is 0 Å². The SMILES string of the molecule is CC(C)C[C@H]1CN(C(=O)CC2CC2)CC(=O)N[C@@H](CCCCN)CN(C(=O)CCc2ccccc2)CC(=O)N[C@@H](Cc2ccccc2)CN(CC(N)=O)C(=O)CCSCc2ccc(cc2)C(=O)N[C@@H](Cc2ccccc2)CN(C(=O)CC2CC2)CC(=O)N1. The monoisotopic (exact) mass is 1220 g/mol. The van der Waals surface area contributed by atoms with Crippen LogP contribution in [0.1, 0.15) is 124 Å². The van der Waals surface area contributed by atoms with E-state index in [0.29, 0.717) is 62.1 Å². The topological polar surface area (TPSA) is 267 Å². The minimum atomic E-state index is -0.723. The zero-order valence-corrected chi connectivity index (χ0v) is 52.2. The summed E-state index contributed by atoms with van der Waals surface area (Å²) in [5.74, 6) is -2.26. The predicted octanol–water partition coefficient (Wildman–Crippen LogP) is 5.57. The van der Waals surface area contributed by atoms with E-state index in [1.165, 1.54) is 31.4 Å². The van der Waals surface area contributed by atoms with Gasteiger partial charge in [-0.2, -0.15) is 11.8 Å². The molecule has 8 rings (SSSR count). The Balaban J connectivity index is 1.21. The van der Waals surface area contributed by atoms with E-state index in [4.69, 9.17) is 11.5 Å². The van der Waals surface area contributed by atoms with Crippen molar-refractivity contribution < 1.29 is 43.2 Å². The smallest absolute Gasteiger partial charge is 0.251 e. The molecule has 2 saturated carbocycles. The first-order chi connectivity index (χ1) is 42.4. The minimum Gasteiger partial charge on any atom is -0.368 e. The highest BCUT2D eigenvalue weighted by atomic mass is 32.2. The Hall–Kier alpha value is -7.58. The average molecular weight is 1230 g/mol. The third kappa shape index (κ3) is 24.9. The largest absolute Gasteiger partial charge is 0.368 e. The summed E-state index contributed by atoms with van der Waals surface area (Å²) in [7, 11) is 0. The summed E-state index contributed by atoms with van der Waals surface area (Å²) in [6, 6.07) is 33.1. The maximum absolute atomic E-state index is 14.6. The van der Waals surface area contributed by atoms with E-state index in [1.807, 2.05) is 117 Å². The number of nitrogens with one attached hydrogen (secondary N) is 4. The van der Waals surface area contributed by atoms with Gasteiger partial charge < -0.3 is 52.3 Å². The van der Waals surface area contributed by atoms with Crippen LogP contribution >= 0.6 is 11.8 Å². The zero-order valence-electron chi connectivity index (χ0n) is 51.4. The number of hydrogen-bond acceptors (Lipinski definition) is 11. The minimum absolute atomic E-state index is 0.0117. The summed E-state index contributed by atoms with van der Waals surface area (Å²) in [5.41, 5.74) is 15.8. The van der Waals surface area contributed by atoms with Gasteiger partial charge in [0.15, 0.2) is 0 Å². The van der Waals surface area contributed by atoms with Gasteiger partial charge in [-0.25, -0.2) is 0 Å². The number of hydrogen-bond donors (Lipinski definition) is 6. The van der Waals surface area contributed by atoms with E-state index < -0.39 is 54.3 Å². The van der Waals surface area contributed by atoms with Gasteiger partial charge >= 0.3 is 0 Å². The number of primary amides is 1. The first-order valence-corrected chi connectivity index (χ1v) is 32.7. The van der Waals surface area contributed by atoms with Crippen molar-refractivity contribution in [1.82, 2.24) is 40.9 Å². The van der Waals surface area contributed by atoms with E-state index in [9.17, 15) is 43.2 Å². The van der Waals surface area contributed by atoms with Crippen molar-refractivity contribution >= 4 is 64.9 Å². The van der Waals surface area contributed by atoms with Crippen LogP contribution in [0.25, 0.3) is 0 Å². The molecule has 2 fully saturated rings. The molecule has 474 valence electrons. The molecule has 9 amide bonds. The molecule has 8 N–H and O–H groups in total. The molecule has 19 nitrogen and oxygen atoms in total. The van der Waals surface area contributed by atoms with Crippen molar-refractivity contribution in [3.05, 3.63) is 143 Å². The fraction of sp³-hybridized carbons (Fsp3) is 0.515. The van der Waals surface area contributed by atoms with Crippen molar-refractivity contribution in [1.29, 1.82) is 0 Å².